The predicted molar refractivity (Wildman–Crippen MR) is 168 cm³/mol. The maximum absolute atomic E-state index is 12.7. The molecule has 42 heavy (non-hydrogen) atoms. The summed E-state index contributed by atoms with van der Waals surface area (Å²) in [6.07, 6.45) is 18.9. The summed E-state index contributed by atoms with van der Waals surface area (Å²) in [5.41, 5.74) is 6.03. The van der Waals surface area contributed by atoms with Gasteiger partial charge in [-0.25, -0.2) is 4.79 Å². The molecule has 4 nitrogen and oxygen atoms in total. The van der Waals surface area contributed by atoms with Gasteiger partial charge < -0.3 is 15.7 Å². The summed E-state index contributed by atoms with van der Waals surface area (Å²) >= 11 is 1.62. The van der Waals surface area contributed by atoms with Gasteiger partial charge in [0.1, 0.15) is 5.37 Å². The number of benzene rings is 1. The fourth-order valence-electron chi connectivity index (χ4n) is 6.60. The zero-order chi connectivity index (χ0) is 30.4. The number of unbranched alkanes of at least 4 members (excludes halogenated alkanes) is 7. The molecule has 4 unspecified atom stereocenters. The van der Waals surface area contributed by atoms with Gasteiger partial charge in [-0.3, -0.25) is 0 Å². The normalized spacial score (nSPS) is 23.1. The molecule has 0 amide bonds. The quantitative estimate of drug-likeness (QED) is 0.183. The van der Waals surface area contributed by atoms with Crippen molar-refractivity contribution in [3.05, 3.63) is 59.3 Å². The number of halogens is 3. The van der Waals surface area contributed by atoms with E-state index in [4.69, 9.17) is 5.73 Å². The van der Waals surface area contributed by atoms with Gasteiger partial charge >= 0.3 is 12.1 Å². The second kappa shape index (κ2) is 18.0. The molecule has 3 aliphatic rings. The molecule has 0 spiro atoms. The Labute approximate surface area is 255 Å². The number of alkyl halides is 3. The molecular weight excluding hydrogens is 557 g/mol. The molecule has 236 valence electrons. The number of nitrogens with zero attached hydrogens (tertiary/aromatic N) is 1. The number of rotatable bonds is 16. The predicted octanol–water partition coefficient (Wildman–Crippen LogP) is 9.06. The van der Waals surface area contributed by atoms with Crippen LogP contribution in [0, 0.1) is 17.8 Å². The van der Waals surface area contributed by atoms with Crippen LogP contribution in [0.25, 0.3) is 0 Å². The lowest BCUT2D eigenvalue weighted by molar-refractivity contribution is -0.137. The molecule has 0 saturated heterocycles. The highest BCUT2D eigenvalue weighted by Gasteiger charge is 2.41. The number of fused-ring (bicyclic) bond motifs is 2. The third-order valence-corrected chi connectivity index (χ3v) is 10.3. The van der Waals surface area contributed by atoms with Crippen molar-refractivity contribution in [1.29, 1.82) is 0 Å². The van der Waals surface area contributed by atoms with Crippen LogP contribution < -0.4 is 5.73 Å². The first-order chi connectivity index (χ1) is 20.2. The minimum Gasteiger partial charge on any atom is -0.478 e. The largest absolute Gasteiger partial charge is 0.478 e. The highest BCUT2D eigenvalue weighted by molar-refractivity contribution is 8.00. The molecule has 2 fully saturated rings. The van der Waals surface area contributed by atoms with E-state index in [1.54, 1.807) is 17.8 Å². The van der Waals surface area contributed by atoms with Crippen molar-refractivity contribution in [2.24, 2.45) is 23.5 Å². The van der Waals surface area contributed by atoms with Gasteiger partial charge in [-0.15, -0.1) is 11.8 Å². The van der Waals surface area contributed by atoms with Crippen LogP contribution in [0.1, 0.15) is 102 Å². The van der Waals surface area contributed by atoms with Crippen LogP contribution in [0.3, 0.4) is 0 Å². The number of thioether (sulfide) groups is 1. The topological polar surface area (TPSA) is 66.6 Å². The number of aryl methyl sites for hydroxylation is 1. The van der Waals surface area contributed by atoms with Gasteiger partial charge in [-0.05, 0) is 98.4 Å². The third-order valence-electron chi connectivity index (χ3n) is 8.92. The molecular formula is C34H51F3N2O2S. The number of carbonyl (C=O) groups is 1. The molecule has 1 aromatic carbocycles. The average Bonchev–Trinajstić information content (AvgIpc) is 3.59. The van der Waals surface area contributed by atoms with E-state index < -0.39 is 17.7 Å². The van der Waals surface area contributed by atoms with Crippen molar-refractivity contribution in [2.45, 2.75) is 108 Å². The highest BCUT2D eigenvalue weighted by Crippen LogP contribution is 2.49. The molecule has 0 radical (unpaired) electrons. The van der Waals surface area contributed by atoms with Gasteiger partial charge in [0.15, 0.2) is 0 Å². The summed E-state index contributed by atoms with van der Waals surface area (Å²) in [6, 6.07) is 5.30. The van der Waals surface area contributed by atoms with Crippen molar-refractivity contribution in [1.82, 2.24) is 4.90 Å². The Morgan fingerprint density at radius 1 is 1.00 bits per heavy atom. The number of nitrogens with two attached hydrogens (primary N) is 1. The van der Waals surface area contributed by atoms with Crippen LogP contribution >= 0.6 is 11.8 Å². The van der Waals surface area contributed by atoms with Gasteiger partial charge in [0.05, 0.1) is 11.1 Å². The Balaban J connectivity index is 0.000000375. The molecule has 2 aliphatic carbocycles. The van der Waals surface area contributed by atoms with Gasteiger partial charge in [0.2, 0.25) is 0 Å². The van der Waals surface area contributed by atoms with E-state index >= 15 is 0 Å². The van der Waals surface area contributed by atoms with Crippen LogP contribution in [0.2, 0.25) is 0 Å². The third kappa shape index (κ3) is 11.3. The first-order valence-electron chi connectivity index (χ1n) is 16.1. The molecule has 3 N–H and O–H groups in total. The van der Waals surface area contributed by atoms with Crippen molar-refractivity contribution in [2.75, 3.05) is 18.8 Å². The van der Waals surface area contributed by atoms with E-state index in [2.05, 4.69) is 11.8 Å². The summed E-state index contributed by atoms with van der Waals surface area (Å²) in [4.78, 5) is 14.0. The molecule has 4 atom stereocenters. The van der Waals surface area contributed by atoms with E-state index in [1.807, 2.05) is 12.3 Å². The second-order valence-electron chi connectivity index (χ2n) is 12.2. The summed E-state index contributed by atoms with van der Waals surface area (Å²) in [6.45, 7) is 4.03. The van der Waals surface area contributed by atoms with Crippen LogP contribution in [0.5, 0.6) is 0 Å². The molecule has 4 rings (SSSR count). The Morgan fingerprint density at radius 2 is 1.69 bits per heavy atom. The zero-order valence-corrected chi connectivity index (χ0v) is 26.1. The Hall–Kier alpha value is -1.93. The average molecular weight is 609 g/mol. The Kier molecular flexibility index (Phi) is 14.8. The molecule has 2 saturated carbocycles. The molecule has 0 aromatic heterocycles. The lowest BCUT2D eigenvalue weighted by Gasteiger charge is -2.36. The minimum absolute atomic E-state index is 0.214. The number of hydrogen-bond acceptors (Lipinski definition) is 4. The smallest absolute Gasteiger partial charge is 0.416 e. The first kappa shape index (κ1) is 34.6. The second-order valence-corrected chi connectivity index (χ2v) is 13.4. The van der Waals surface area contributed by atoms with Crippen LogP contribution in [0.4, 0.5) is 13.2 Å². The van der Waals surface area contributed by atoms with E-state index in [9.17, 15) is 23.1 Å². The van der Waals surface area contributed by atoms with Gasteiger partial charge in [-0.1, -0.05) is 70.4 Å². The minimum atomic E-state index is -4.31. The standard InChI is InChI=1S/C24H28F3NO2S.C10H23N/c25-24(26,27)20-9-6-16(7-10-20)3-2-12-31-22-21(23(29)30)4-1-11-28(22)15-19-14-17-5-8-18(19)13-17;1-2-3-4-5-6-7-8-9-10-11/h1,4,6-7,9-11,17-19,22H,2-3,5,8,12-15H2,(H,29,30);2-11H2,1H3. The van der Waals surface area contributed by atoms with Crippen molar-refractivity contribution >= 4 is 17.7 Å². The fraction of sp³-hybridized carbons (Fsp3) is 0.676. The Bertz CT molecular complexity index is 987. The Morgan fingerprint density at radius 3 is 2.26 bits per heavy atom. The number of aliphatic carboxylic acids is 1. The number of hydrogen-bond donors (Lipinski definition) is 2. The van der Waals surface area contributed by atoms with Crippen LogP contribution in [-0.2, 0) is 17.4 Å². The number of carboxylic acids is 1. The van der Waals surface area contributed by atoms with E-state index in [0.717, 1.165) is 54.8 Å². The summed E-state index contributed by atoms with van der Waals surface area (Å²) in [5.74, 6) is 2.14. The highest BCUT2D eigenvalue weighted by atomic mass is 32.2. The SMILES string of the molecule is CCCCCCCCCCN.O=C(O)C1=CC=CN(CC2CC3CCC2C3)C1SCCCc1ccc(C(F)(F)F)cc1. The molecule has 8 heteroatoms. The number of carboxylic acid groups (broad SMARTS) is 1. The molecule has 1 aliphatic heterocycles. The summed E-state index contributed by atoms with van der Waals surface area (Å²) in [7, 11) is 0. The van der Waals surface area contributed by atoms with E-state index in [0.29, 0.717) is 17.9 Å². The summed E-state index contributed by atoms with van der Waals surface area (Å²) in [5, 5.41) is 9.47. The van der Waals surface area contributed by atoms with Crippen LogP contribution in [0.15, 0.2) is 48.2 Å². The molecule has 2 bridgehead atoms. The van der Waals surface area contributed by atoms with E-state index in [1.165, 1.54) is 89.2 Å². The van der Waals surface area contributed by atoms with Crippen LogP contribution in [-0.4, -0.2) is 40.2 Å². The lowest BCUT2D eigenvalue weighted by Crippen LogP contribution is -2.39. The van der Waals surface area contributed by atoms with Gasteiger partial charge in [-0.2, -0.15) is 13.2 Å². The van der Waals surface area contributed by atoms with E-state index in [-0.39, 0.29) is 5.37 Å². The molecule has 1 aromatic rings. The monoisotopic (exact) mass is 608 g/mol. The van der Waals surface area contributed by atoms with Crippen molar-refractivity contribution in [3.63, 3.8) is 0 Å². The van der Waals surface area contributed by atoms with Gasteiger partial charge in [0.25, 0.3) is 0 Å². The summed E-state index contributed by atoms with van der Waals surface area (Å²) < 4.78 is 38.1. The van der Waals surface area contributed by atoms with Crippen molar-refractivity contribution in [3.8, 4) is 0 Å². The van der Waals surface area contributed by atoms with Gasteiger partial charge in [0, 0.05) is 12.7 Å². The molecule has 1 heterocycles. The maximum Gasteiger partial charge on any atom is 0.416 e. The fourth-order valence-corrected chi connectivity index (χ4v) is 7.84. The first-order valence-corrected chi connectivity index (χ1v) is 17.1. The lowest BCUT2D eigenvalue weighted by atomic mass is 9.88. The number of allylic oxidation sites excluding steroid dienone is 2. The maximum atomic E-state index is 12.7. The zero-order valence-electron chi connectivity index (χ0n) is 25.3. The van der Waals surface area contributed by atoms with Crippen molar-refractivity contribution < 1.29 is 23.1 Å².